The number of rotatable bonds is 5. The first-order valence-electron chi connectivity index (χ1n) is 3.67. The highest BCUT2D eigenvalue weighted by Gasteiger charge is 1.99. The van der Waals surface area contributed by atoms with E-state index in [1.165, 1.54) is 6.08 Å². The normalized spacial score (nSPS) is 11.2. The van der Waals surface area contributed by atoms with Crippen molar-refractivity contribution in [1.29, 1.82) is 0 Å². The Kier molecular flexibility index (Phi) is 9.99. The minimum Gasteiger partial charge on any atom is -0.462 e. The molecule has 0 heterocycles. The van der Waals surface area contributed by atoms with Gasteiger partial charge in [-0.2, -0.15) is 0 Å². The van der Waals surface area contributed by atoms with Crippen molar-refractivity contribution in [1.82, 2.24) is 5.32 Å². The molecule has 72 valence electrons. The molecule has 3 nitrogen and oxygen atoms in total. The predicted octanol–water partition coefficient (Wildman–Crippen LogP) is 1.14. The molecule has 0 radical (unpaired) electrons. The van der Waals surface area contributed by atoms with Crippen LogP contribution in [-0.4, -0.2) is 25.7 Å². The Morgan fingerprint density at radius 1 is 1.75 bits per heavy atom. The summed E-state index contributed by atoms with van der Waals surface area (Å²) >= 11 is 0. The molecule has 0 aromatic carbocycles. The topological polar surface area (TPSA) is 38.3 Å². The van der Waals surface area contributed by atoms with Crippen LogP contribution in [0.4, 0.5) is 0 Å². The second-order valence-corrected chi connectivity index (χ2v) is 2.35. The molecule has 0 saturated heterocycles. The molecule has 0 aliphatic heterocycles. The second kappa shape index (κ2) is 8.56. The lowest BCUT2D eigenvalue weighted by Gasteiger charge is -2.08. The standard InChI is InChI=1S/C8H15NO2.ClH/c1-4-8(10)11-6-5-7(2)9-3;/h4,7,9H,1,5-6H2,2-3H3;1H. The Bertz CT molecular complexity index is 139. The number of halogens is 1. The summed E-state index contributed by atoms with van der Waals surface area (Å²) in [6.07, 6.45) is 2.00. The van der Waals surface area contributed by atoms with E-state index < -0.39 is 0 Å². The van der Waals surface area contributed by atoms with Gasteiger partial charge in [-0.05, 0) is 20.4 Å². The molecule has 0 fully saturated rings. The third-order valence-electron chi connectivity index (χ3n) is 1.45. The number of esters is 1. The highest BCUT2D eigenvalue weighted by molar-refractivity contribution is 5.85. The highest BCUT2D eigenvalue weighted by atomic mass is 35.5. The molecule has 0 bridgehead atoms. The van der Waals surface area contributed by atoms with Crippen LogP contribution in [0.3, 0.4) is 0 Å². The molecular formula is C8H16ClNO2. The van der Waals surface area contributed by atoms with E-state index in [4.69, 9.17) is 4.74 Å². The van der Waals surface area contributed by atoms with Crippen molar-refractivity contribution in [3.05, 3.63) is 12.7 Å². The number of hydrogen-bond donors (Lipinski definition) is 1. The van der Waals surface area contributed by atoms with Crippen LogP contribution in [0.15, 0.2) is 12.7 Å². The van der Waals surface area contributed by atoms with E-state index in [-0.39, 0.29) is 18.4 Å². The smallest absolute Gasteiger partial charge is 0.330 e. The van der Waals surface area contributed by atoms with Gasteiger partial charge in [0.2, 0.25) is 0 Å². The number of nitrogens with one attached hydrogen (secondary N) is 1. The van der Waals surface area contributed by atoms with Crippen LogP contribution in [0.25, 0.3) is 0 Å². The zero-order chi connectivity index (χ0) is 8.69. The summed E-state index contributed by atoms with van der Waals surface area (Å²) in [5, 5.41) is 3.04. The number of carbonyl (C=O) groups excluding carboxylic acids is 1. The van der Waals surface area contributed by atoms with Gasteiger partial charge in [-0.3, -0.25) is 0 Å². The van der Waals surface area contributed by atoms with E-state index in [9.17, 15) is 4.79 Å². The Morgan fingerprint density at radius 2 is 2.33 bits per heavy atom. The molecule has 0 aromatic rings. The minimum atomic E-state index is -0.353. The fourth-order valence-electron chi connectivity index (χ4n) is 0.540. The monoisotopic (exact) mass is 193 g/mol. The van der Waals surface area contributed by atoms with Gasteiger partial charge in [-0.25, -0.2) is 4.79 Å². The number of hydrogen-bond acceptors (Lipinski definition) is 3. The summed E-state index contributed by atoms with van der Waals surface area (Å²) in [6.45, 7) is 5.77. The van der Waals surface area contributed by atoms with Gasteiger partial charge in [-0.1, -0.05) is 6.58 Å². The molecule has 0 aliphatic rings. The molecule has 4 heteroatoms. The molecular weight excluding hydrogens is 178 g/mol. The SMILES string of the molecule is C=CC(=O)OCCC(C)NC.Cl. The number of carbonyl (C=O) groups is 1. The Labute approximate surface area is 79.6 Å². The zero-order valence-electron chi connectivity index (χ0n) is 7.50. The first-order chi connectivity index (χ1) is 5.20. The van der Waals surface area contributed by atoms with E-state index in [1.54, 1.807) is 0 Å². The lowest BCUT2D eigenvalue weighted by Crippen LogP contribution is -2.23. The van der Waals surface area contributed by atoms with Crippen LogP contribution >= 0.6 is 12.4 Å². The van der Waals surface area contributed by atoms with Gasteiger partial charge in [0, 0.05) is 12.1 Å². The van der Waals surface area contributed by atoms with Crippen molar-refractivity contribution < 1.29 is 9.53 Å². The van der Waals surface area contributed by atoms with Crippen molar-refractivity contribution in [3.8, 4) is 0 Å². The lowest BCUT2D eigenvalue weighted by atomic mass is 10.2. The summed E-state index contributed by atoms with van der Waals surface area (Å²) < 4.78 is 4.77. The van der Waals surface area contributed by atoms with Crippen molar-refractivity contribution in [2.75, 3.05) is 13.7 Å². The van der Waals surface area contributed by atoms with E-state index >= 15 is 0 Å². The van der Waals surface area contributed by atoms with E-state index in [1.807, 2.05) is 14.0 Å². The van der Waals surface area contributed by atoms with Gasteiger partial charge in [0.1, 0.15) is 0 Å². The third-order valence-corrected chi connectivity index (χ3v) is 1.45. The van der Waals surface area contributed by atoms with Crippen LogP contribution in [0.1, 0.15) is 13.3 Å². The van der Waals surface area contributed by atoms with Gasteiger partial charge in [0.15, 0.2) is 0 Å². The largest absolute Gasteiger partial charge is 0.462 e. The van der Waals surface area contributed by atoms with Gasteiger partial charge in [0.05, 0.1) is 6.61 Å². The molecule has 0 amide bonds. The minimum absolute atomic E-state index is 0. The maximum atomic E-state index is 10.5. The summed E-state index contributed by atoms with van der Waals surface area (Å²) in [4.78, 5) is 10.5. The van der Waals surface area contributed by atoms with Crippen molar-refractivity contribution in [2.45, 2.75) is 19.4 Å². The quantitative estimate of drug-likeness (QED) is 0.526. The predicted molar refractivity (Wildman–Crippen MR) is 51.5 cm³/mol. The number of ether oxygens (including phenoxy) is 1. The van der Waals surface area contributed by atoms with E-state index in [2.05, 4.69) is 11.9 Å². The van der Waals surface area contributed by atoms with Gasteiger partial charge in [0.25, 0.3) is 0 Å². The molecule has 0 aromatic heterocycles. The fourth-order valence-corrected chi connectivity index (χ4v) is 0.540. The molecule has 0 spiro atoms. The highest BCUT2D eigenvalue weighted by Crippen LogP contribution is 1.90. The van der Waals surface area contributed by atoms with Crippen LogP contribution in [0.5, 0.6) is 0 Å². The molecule has 1 unspecified atom stereocenters. The average molecular weight is 194 g/mol. The molecule has 0 rings (SSSR count). The Morgan fingerprint density at radius 3 is 2.75 bits per heavy atom. The maximum Gasteiger partial charge on any atom is 0.330 e. The van der Waals surface area contributed by atoms with Crippen LogP contribution in [-0.2, 0) is 9.53 Å². The van der Waals surface area contributed by atoms with Crippen molar-refractivity contribution in [3.63, 3.8) is 0 Å². The lowest BCUT2D eigenvalue weighted by molar-refractivity contribution is -0.137. The molecule has 0 saturated carbocycles. The van der Waals surface area contributed by atoms with Crippen molar-refractivity contribution >= 4 is 18.4 Å². The van der Waals surface area contributed by atoms with Crippen molar-refractivity contribution in [2.24, 2.45) is 0 Å². The Hall–Kier alpha value is -0.540. The van der Waals surface area contributed by atoms with Gasteiger partial charge in [-0.15, -0.1) is 12.4 Å². The summed E-state index contributed by atoms with van der Waals surface area (Å²) in [6, 6.07) is 0.382. The molecule has 12 heavy (non-hydrogen) atoms. The van der Waals surface area contributed by atoms with Gasteiger partial charge < -0.3 is 10.1 Å². The third kappa shape index (κ3) is 7.57. The van der Waals surface area contributed by atoms with Crippen LogP contribution in [0, 0.1) is 0 Å². The second-order valence-electron chi connectivity index (χ2n) is 2.35. The molecule has 1 atom stereocenters. The first kappa shape index (κ1) is 14.0. The zero-order valence-corrected chi connectivity index (χ0v) is 8.32. The molecule has 0 aliphatic carbocycles. The average Bonchev–Trinajstić information content (AvgIpc) is 2.04. The fraction of sp³-hybridized carbons (Fsp3) is 0.625. The van der Waals surface area contributed by atoms with E-state index in [0.717, 1.165) is 6.42 Å². The maximum absolute atomic E-state index is 10.5. The summed E-state index contributed by atoms with van der Waals surface area (Å²) in [5.74, 6) is -0.353. The summed E-state index contributed by atoms with van der Waals surface area (Å²) in [5.41, 5.74) is 0. The summed E-state index contributed by atoms with van der Waals surface area (Å²) in [7, 11) is 1.87. The van der Waals surface area contributed by atoms with Gasteiger partial charge >= 0.3 is 5.97 Å². The van der Waals surface area contributed by atoms with Crippen LogP contribution < -0.4 is 5.32 Å². The van der Waals surface area contributed by atoms with E-state index in [0.29, 0.717) is 12.6 Å². The van der Waals surface area contributed by atoms with Crippen LogP contribution in [0.2, 0.25) is 0 Å². The first-order valence-corrected chi connectivity index (χ1v) is 3.67. The molecule has 1 N–H and O–H groups in total. The Balaban J connectivity index is 0.